The van der Waals surface area contributed by atoms with Crippen molar-refractivity contribution in [3.8, 4) is 0 Å². The zero-order chi connectivity index (χ0) is 12.8. The van der Waals surface area contributed by atoms with Gasteiger partial charge in [0, 0.05) is 11.6 Å². The summed E-state index contributed by atoms with van der Waals surface area (Å²) >= 11 is 0. The highest BCUT2D eigenvalue weighted by Crippen LogP contribution is 2.09. The van der Waals surface area contributed by atoms with Crippen LogP contribution in [0.2, 0.25) is 0 Å². The van der Waals surface area contributed by atoms with Gasteiger partial charge in [-0.05, 0) is 33.1 Å². The minimum atomic E-state index is 0.0488. The Morgan fingerprint density at radius 2 is 1.81 bits per heavy atom. The molecule has 0 saturated heterocycles. The molecule has 0 heterocycles. The van der Waals surface area contributed by atoms with Crippen molar-refractivity contribution in [2.45, 2.75) is 66.0 Å². The molecular weight excluding hydrogens is 200 g/mol. The zero-order valence-corrected chi connectivity index (χ0v) is 11.7. The molecule has 1 amide bonds. The van der Waals surface area contributed by atoms with Crippen molar-refractivity contribution in [1.82, 2.24) is 10.6 Å². The highest BCUT2D eigenvalue weighted by Gasteiger charge is 2.17. The summed E-state index contributed by atoms with van der Waals surface area (Å²) in [5.74, 6) is 0.568. The normalized spacial score (nSPS) is 13.9. The maximum absolute atomic E-state index is 11.6. The van der Waals surface area contributed by atoms with Crippen LogP contribution in [0.3, 0.4) is 0 Å². The molecule has 1 unspecified atom stereocenters. The average molecular weight is 228 g/mol. The van der Waals surface area contributed by atoms with E-state index in [0.29, 0.717) is 12.5 Å². The molecule has 0 aliphatic rings. The number of carbonyl (C=O) groups excluding carboxylic acids is 1. The highest BCUT2D eigenvalue weighted by atomic mass is 16.2. The fourth-order valence-corrected chi connectivity index (χ4v) is 1.50. The highest BCUT2D eigenvalue weighted by molar-refractivity contribution is 5.78. The van der Waals surface area contributed by atoms with Gasteiger partial charge in [0.2, 0.25) is 5.91 Å². The summed E-state index contributed by atoms with van der Waals surface area (Å²) in [6.07, 6.45) is 2.21. The van der Waals surface area contributed by atoms with Crippen LogP contribution in [0, 0.1) is 5.92 Å². The quantitative estimate of drug-likeness (QED) is 0.702. The van der Waals surface area contributed by atoms with Gasteiger partial charge in [0.05, 0.1) is 6.54 Å². The lowest BCUT2D eigenvalue weighted by atomic mass is 9.99. The summed E-state index contributed by atoms with van der Waals surface area (Å²) in [5, 5.41) is 6.28. The SMILES string of the molecule is CCCC(C)(C)NCC(=O)NC(C)C(C)C. The molecule has 0 bridgehead atoms. The summed E-state index contributed by atoms with van der Waals surface area (Å²) in [6, 6.07) is 0.239. The van der Waals surface area contributed by atoms with E-state index in [9.17, 15) is 4.79 Å². The first kappa shape index (κ1) is 15.4. The molecule has 0 saturated carbocycles. The van der Waals surface area contributed by atoms with Gasteiger partial charge < -0.3 is 10.6 Å². The predicted octanol–water partition coefficient (Wildman–Crippen LogP) is 2.32. The molecule has 96 valence electrons. The third-order valence-electron chi connectivity index (χ3n) is 2.99. The van der Waals surface area contributed by atoms with Crippen LogP contribution in [0.4, 0.5) is 0 Å². The monoisotopic (exact) mass is 228 g/mol. The van der Waals surface area contributed by atoms with E-state index in [1.165, 1.54) is 0 Å². The summed E-state index contributed by atoms with van der Waals surface area (Å²) < 4.78 is 0. The Morgan fingerprint density at radius 3 is 2.25 bits per heavy atom. The first-order chi connectivity index (χ1) is 7.28. The molecule has 16 heavy (non-hydrogen) atoms. The zero-order valence-electron chi connectivity index (χ0n) is 11.7. The predicted molar refractivity (Wildman–Crippen MR) is 69.4 cm³/mol. The molecule has 0 aliphatic heterocycles. The van der Waals surface area contributed by atoms with Gasteiger partial charge >= 0.3 is 0 Å². The fraction of sp³-hybridized carbons (Fsp3) is 0.923. The van der Waals surface area contributed by atoms with Crippen LogP contribution in [-0.4, -0.2) is 24.0 Å². The minimum Gasteiger partial charge on any atom is -0.352 e. The molecule has 0 aromatic carbocycles. The van der Waals surface area contributed by atoms with Crippen molar-refractivity contribution < 1.29 is 4.79 Å². The topological polar surface area (TPSA) is 41.1 Å². The number of nitrogens with one attached hydrogen (secondary N) is 2. The van der Waals surface area contributed by atoms with E-state index in [0.717, 1.165) is 12.8 Å². The molecule has 0 rings (SSSR count). The average Bonchev–Trinajstić information content (AvgIpc) is 2.14. The van der Waals surface area contributed by atoms with Crippen molar-refractivity contribution >= 4 is 5.91 Å². The van der Waals surface area contributed by atoms with Crippen molar-refractivity contribution in [2.75, 3.05) is 6.54 Å². The molecule has 3 heteroatoms. The molecular formula is C13H28N2O. The van der Waals surface area contributed by atoms with Crippen LogP contribution in [0.5, 0.6) is 0 Å². The molecule has 1 atom stereocenters. The molecule has 0 aromatic heterocycles. The largest absolute Gasteiger partial charge is 0.352 e. The van der Waals surface area contributed by atoms with Gasteiger partial charge in [-0.2, -0.15) is 0 Å². The second kappa shape index (κ2) is 6.89. The van der Waals surface area contributed by atoms with Crippen molar-refractivity contribution in [1.29, 1.82) is 0 Å². The smallest absolute Gasteiger partial charge is 0.234 e. The molecule has 0 spiro atoms. The second-order valence-electron chi connectivity index (χ2n) is 5.59. The van der Waals surface area contributed by atoms with E-state index in [2.05, 4.69) is 45.3 Å². The van der Waals surface area contributed by atoms with E-state index < -0.39 is 0 Å². The number of hydrogen-bond acceptors (Lipinski definition) is 2. The van der Waals surface area contributed by atoms with Crippen LogP contribution >= 0.6 is 0 Å². The van der Waals surface area contributed by atoms with Gasteiger partial charge in [0.25, 0.3) is 0 Å². The van der Waals surface area contributed by atoms with Gasteiger partial charge in [-0.3, -0.25) is 4.79 Å². The Bertz CT molecular complexity index is 212. The number of rotatable bonds is 7. The molecule has 0 radical (unpaired) electrons. The minimum absolute atomic E-state index is 0.0488. The van der Waals surface area contributed by atoms with Crippen LogP contribution in [-0.2, 0) is 4.79 Å². The Balaban J connectivity index is 3.89. The Hall–Kier alpha value is -0.570. The molecule has 2 N–H and O–H groups in total. The molecule has 0 fully saturated rings. The van der Waals surface area contributed by atoms with E-state index in [4.69, 9.17) is 0 Å². The second-order valence-corrected chi connectivity index (χ2v) is 5.59. The molecule has 3 nitrogen and oxygen atoms in total. The van der Waals surface area contributed by atoms with Gasteiger partial charge in [-0.25, -0.2) is 0 Å². The molecule has 0 aromatic rings. The van der Waals surface area contributed by atoms with Gasteiger partial charge in [-0.15, -0.1) is 0 Å². The van der Waals surface area contributed by atoms with E-state index in [-0.39, 0.29) is 17.5 Å². The van der Waals surface area contributed by atoms with Crippen molar-refractivity contribution in [3.05, 3.63) is 0 Å². The summed E-state index contributed by atoms with van der Waals surface area (Å²) in [7, 11) is 0. The Morgan fingerprint density at radius 1 is 1.25 bits per heavy atom. The molecule has 0 aliphatic carbocycles. The summed E-state index contributed by atoms with van der Waals surface area (Å²) in [6.45, 7) is 13.1. The van der Waals surface area contributed by atoms with Crippen LogP contribution in [0.15, 0.2) is 0 Å². The van der Waals surface area contributed by atoms with Crippen molar-refractivity contribution in [3.63, 3.8) is 0 Å². The van der Waals surface area contributed by atoms with Crippen LogP contribution in [0.25, 0.3) is 0 Å². The van der Waals surface area contributed by atoms with Crippen LogP contribution in [0.1, 0.15) is 54.4 Å². The van der Waals surface area contributed by atoms with E-state index >= 15 is 0 Å². The first-order valence-corrected chi connectivity index (χ1v) is 6.33. The number of carbonyl (C=O) groups is 1. The Kier molecular flexibility index (Phi) is 6.65. The van der Waals surface area contributed by atoms with E-state index in [1.807, 2.05) is 6.92 Å². The lowest BCUT2D eigenvalue weighted by molar-refractivity contribution is -0.121. The van der Waals surface area contributed by atoms with Gasteiger partial charge in [0.1, 0.15) is 0 Å². The third kappa shape index (κ3) is 6.83. The maximum atomic E-state index is 11.6. The number of hydrogen-bond donors (Lipinski definition) is 2. The van der Waals surface area contributed by atoms with Gasteiger partial charge in [-0.1, -0.05) is 27.2 Å². The summed E-state index contributed by atoms with van der Waals surface area (Å²) in [5.41, 5.74) is 0.0488. The standard InChI is InChI=1S/C13H28N2O/c1-7-8-13(5,6)14-9-12(16)15-11(4)10(2)3/h10-11,14H,7-9H2,1-6H3,(H,15,16). The Labute approximate surface area is 100 Å². The van der Waals surface area contributed by atoms with E-state index in [1.54, 1.807) is 0 Å². The lowest BCUT2D eigenvalue weighted by Gasteiger charge is -2.26. The van der Waals surface area contributed by atoms with Gasteiger partial charge in [0.15, 0.2) is 0 Å². The lowest BCUT2D eigenvalue weighted by Crippen LogP contribution is -2.47. The first-order valence-electron chi connectivity index (χ1n) is 6.33. The maximum Gasteiger partial charge on any atom is 0.234 e. The summed E-state index contributed by atoms with van der Waals surface area (Å²) in [4.78, 5) is 11.6. The fourth-order valence-electron chi connectivity index (χ4n) is 1.50. The third-order valence-corrected chi connectivity index (χ3v) is 2.99. The number of amides is 1. The van der Waals surface area contributed by atoms with Crippen molar-refractivity contribution in [2.24, 2.45) is 5.92 Å². The van der Waals surface area contributed by atoms with Crippen LogP contribution < -0.4 is 10.6 Å².